The van der Waals surface area contributed by atoms with E-state index >= 15 is 0 Å². The second-order valence-electron chi connectivity index (χ2n) is 5.69. The smallest absolute Gasteiger partial charge is 0.128 e. The van der Waals surface area contributed by atoms with Gasteiger partial charge in [0.15, 0.2) is 0 Å². The number of nitrogens with zero attached hydrogens (tertiary/aromatic N) is 2. The molecule has 0 aliphatic heterocycles. The van der Waals surface area contributed by atoms with E-state index in [2.05, 4.69) is 35.2 Å². The summed E-state index contributed by atoms with van der Waals surface area (Å²) in [5, 5.41) is 3.89. The molecule has 0 amide bonds. The first kappa shape index (κ1) is 14.6. The summed E-state index contributed by atoms with van der Waals surface area (Å²) in [6.45, 7) is 3.13. The van der Waals surface area contributed by atoms with Gasteiger partial charge in [-0.1, -0.05) is 18.5 Å². The van der Waals surface area contributed by atoms with Gasteiger partial charge in [-0.2, -0.15) is 0 Å². The zero-order valence-corrected chi connectivity index (χ0v) is 12.9. The third-order valence-corrected chi connectivity index (χ3v) is 4.52. The molecule has 0 atom stereocenters. The summed E-state index contributed by atoms with van der Waals surface area (Å²) in [4.78, 5) is 6.80. The zero-order chi connectivity index (χ0) is 13.8. The Kier molecular flexibility index (Phi) is 5.06. The van der Waals surface area contributed by atoms with E-state index in [4.69, 9.17) is 11.6 Å². The molecule has 1 heterocycles. The molecule has 1 aromatic rings. The first-order valence-corrected chi connectivity index (χ1v) is 7.51. The molecule has 0 aromatic carbocycles. The van der Waals surface area contributed by atoms with Crippen molar-refractivity contribution in [2.75, 3.05) is 19.0 Å². The molecule has 106 valence electrons. The Morgan fingerprint density at radius 3 is 2.68 bits per heavy atom. The SMILES string of the molecule is CNCc1cc(N(C)C2CCC(C)CC2)ncc1Cl. The van der Waals surface area contributed by atoms with Crippen molar-refractivity contribution in [2.45, 2.75) is 45.2 Å². The van der Waals surface area contributed by atoms with Crippen LogP contribution in [0.4, 0.5) is 5.82 Å². The molecule has 1 saturated carbocycles. The number of rotatable bonds is 4. The molecule has 0 spiro atoms. The number of pyridine rings is 1. The number of hydrogen-bond donors (Lipinski definition) is 1. The van der Waals surface area contributed by atoms with Crippen molar-refractivity contribution in [2.24, 2.45) is 5.92 Å². The Balaban J connectivity index is 2.10. The molecule has 1 aromatic heterocycles. The minimum atomic E-state index is 0.618. The first-order chi connectivity index (χ1) is 9.11. The lowest BCUT2D eigenvalue weighted by atomic mass is 9.87. The largest absolute Gasteiger partial charge is 0.357 e. The van der Waals surface area contributed by atoms with Crippen molar-refractivity contribution in [1.82, 2.24) is 10.3 Å². The van der Waals surface area contributed by atoms with E-state index in [1.165, 1.54) is 25.7 Å². The molecule has 4 heteroatoms. The molecule has 0 bridgehead atoms. The van der Waals surface area contributed by atoms with E-state index in [1.54, 1.807) is 6.20 Å². The van der Waals surface area contributed by atoms with Crippen molar-refractivity contribution < 1.29 is 0 Å². The Hall–Kier alpha value is -0.800. The summed E-state index contributed by atoms with van der Waals surface area (Å²) < 4.78 is 0. The molecule has 1 aliphatic carbocycles. The monoisotopic (exact) mass is 281 g/mol. The zero-order valence-electron chi connectivity index (χ0n) is 12.1. The van der Waals surface area contributed by atoms with Gasteiger partial charge in [0.05, 0.1) is 5.02 Å². The lowest BCUT2D eigenvalue weighted by molar-refractivity contribution is 0.340. The quantitative estimate of drug-likeness (QED) is 0.916. The minimum Gasteiger partial charge on any atom is -0.357 e. The highest BCUT2D eigenvalue weighted by Gasteiger charge is 2.22. The van der Waals surface area contributed by atoms with E-state index in [0.29, 0.717) is 6.04 Å². The highest BCUT2D eigenvalue weighted by Crippen LogP contribution is 2.29. The van der Waals surface area contributed by atoms with E-state index in [-0.39, 0.29) is 0 Å². The van der Waals surface area contributed by atoms with Crippen LogP contribution in [0.1, 0.15) is 38.2 Å². The van der Waals surface area contributed by atoms with Crippen molar-refractivity contribution in [3.8, 4) is 0 Å². The Morgan fingerprint density at radius 2 is 2.05 bits per heavy atom. The molecular formula is C15H24ClN3. The van der Waals surface area contributed by atoms with Gasteiger partial charge in [0, 0.05) is 25.8 Å². The van der Waals surface area contributed by atoms with E-state index in [9.17, 15) is 0 Å². The second kappa shape index (κ2) is 6.58. The summed E-state index contributed by atoms with van der Waals surface area (Å²) in [5.74, 6) is 1.91. The van der Waals surface area contributed by atoms with Gasteiger partial charge in [-0.15, -0.1) is 0 Å². The fourth-order valence-electron chi connectivity index (χ4n) is 2.80. The minimum absolute atomic E-state index is 0.618. The van der Waals surface area contributed by atoms with Gasteiger partial charge in [0.2, 0.25) is 0 Å². The van der Waals surface area contributed by atoms with E-state index in [0.717, 1.165) is 28.9 Å². The summed E-state index contributed by atoms with van der Waals surface area (Å²) in [5.41, 5.74) is 1.12. The molecule has 1 fully saturated rings. The van der Waals surface area contributed by atoms with Gasteiger partial charge in [-0.25, -0.2) is 4.98 Å². The number of nitrogens with one attached hydrogen (secondary N) is 1. The average molecular weight is 282 g/mol. The maximum absolute atomic E-state index is 6.16. The summed E-state index contributed by atoms with van der Waals surface area (Å²) in [7, 11) is 4.09. The molecule has 19 heavy (non-hydrogen) atoms. The highest BCUT2D eigenvalue weighted by molar-refractivity contribution is 6.31. The second-order valence-corrected chi connectivity index (χ2v) is 6.10. The Morgan fingerprint density at radius 1 is 1.37 bits per heavy atom. The van der Waals surface area contributed by atoms with Crippen LogP contribution < -0.4 is 10.2 Å². The van der Waals surface area contributed by atoms with Crippen LogP contribution in [0.3, 0.4) is 0 Å². The highest BCUT2D eigenvalue weighted by atomic mass is 35.5. The topological polar surface area (TPSA) is 28.2 Å². The van der Waals surface area contributed by atoms with Gasteiger partial charge in [0.1, 0.15) is 5.82 Å². The number of hydrogen-bond acceptors (Lipinski definition) is 3. The number of halogens is 1. The van der Waals surface area contributed by atoms with Crippen LogP contribution in [0.5, 0.6) is 0 Å². The van der Waals surface area contributed by atoms with Gasteiger partial charge in [-0.3, -0.25) is 0 Å². The molecule has 2 rings (SSSR count). The first-order valence-electron chi connectivity index (χ1n) is 7.13. The normalized spacial score (nSPS) is 23.4. The standard InChI is InChI=1S/C15H24ClN3/c1-11-4-6-13(7-5-11)19(3)15-8-12(9-17-2)14(16)10-18-15/h8,10-11,13,17H,4-7,9H2,1-3H3. The molecule has 3 nitrogen and oxygen atoms in total. The average Bonchev–Trinajstić information content (AvgIpc) is 2.41. The van der Waals surface area contributed by atoms with Gasteiger partial charge in [-0.05, 0) is 50.3 Å². The van der Waals surface area contributed by atoms with Crippen LogP contribution in [0, 0.1) is 5.92 Å². The van der Waals surface area contributed by atoms with Crippen LogP contribution in [-0.2, 0) is 6.54 Å². The lowest BCUT2D eigenvalue weighted by Gasteiger charge is -2.34. The number of anilines is 1. The van der Waals surface area contributed by atoms with Crippen LogP contribution in [0.2, 0.25) is 5.02 Å². The fraction of sp³-hybridized carbons (Fsp3) is 0.667. The number of aromatic nitrogens is 1. The van der Waals surface area contributed by atoms with Crippen LogP contribution in [0.15, 0.2) is 12.3 Å². The summed E-state index contributed by atoms with van der Waals surface area (Å²) >= 11 is 6.16. The van der Waals surface area contributed by atoms with Crippen molar-refractivity contribution in [1.29, 1.82) is 0 Å². The van der Waals surface area contributed by atoms with Gasteiger partial charge >= 0.3 is 0 Å². The fourth-order valence-corrected chi connectivity index (χ4v) is 2.97. The predicted octanol–water partition coefficient (Wildman–Crippen LogP) is 3.47. The van der Waals surface area contributed by atoms with Crippen molar-refractivity contribution >= 4 is 17.4 Å². The lowest BCUT2D eigenvalue weighted by Crippen LogP contribution is -2.35. The molecular weight excluding hydrogens is 258 g/mol. The van der Waals surface area contributed by atoms with E-state index < -0.39 is 0 Å². The third-order valence-electron chi connectivity index (χ3n) is 4.18. The molecule has 1 N–H and O–H groups in total. The third kappa shape index (κ3) is 3.61. The molecule has 1 aliphatic rings. The summed E-state index contributed by atoms with van der Waals surface area (Å²) in [6, 6.07) is 2.73. The van der Waals surface area contributed by atoms with E-state index in [1.807, 2.05) is 7.05 Å². The van der Waals surface area contributed by atoms with Crippen LogP contribution in [0.25, 0.3) is 0 Å². The van der Waals surface area contributed by atoms with Crippen LogP contribution in [-0.4, -0.2) is 25.1 Å². The van der Waals surface area contributed by atoms with Crippen molar-refractivity contribution in [3.63, 3.8) is 0 Å². The summed E-state index contributed by atoms with van der Waals surface area (Å²) in [6.07, 6.45) is 6.95. The maximum atomic E-state index is 6.16. The van der Waals surface area contributed by atoms with Crippen molar-refractivity contribution in [3.05, 3.63) is 22.8 Å². The van der Waals surface area contributed by atoms with Gasteiger partial charge in [0.25, 0.3) is 0 Å². The Labute approximate surface area is 121 Å². The molecule has 0 radical (unpaired) electrons. The van der Waals surface area contributed by atoms with Gasteiger partial charge < -0.3 is 10.2 Å². The Bertz CT molecular complexity index is 414. The predicted molar refractivity (Wildman–Crippen MR) is 81.8 cm³/mol. The van der Waals surface area contributed by atoms with Crippen LogP contribution >= 0.6 is 11.6 Å². The molecule has 0 saturated heterocycles. The molecule has 0 unspecified atom stereocenters. The maximum Gasteiger partial charge on any atom is 0.128 e.